The second-order valence-electron chi connectivity index (χ2n) is 7.85. The molecule has 3 unspecified atom stereocenters. The van der Waals surface area contributed by atoms with E-state index in [2.05, 4.69) is 10.6 Å². The number of nitrogens with one attached hydrogen (secondary N) is 2. The van der Waals surface area contributed by atoms with Crippen molar-refractivity contribution in [1.82, 2.24) is 20.4 Å². The standard InChI is InChI=1S/C20H26N4O4.ClH/c1-20(13-3-7-16(28-2)8-4-13)18(26)23(19(27)22-20)12-17(25)24-14-5-6-15(24)11-21-10-9-14;/h3-4,7-8,14-15,21H,5-6,9-12H2,1-2H3,(H,22,27);1H. The van der Waals surface area contributed by atoms with Gasteiger partial charge in [0.25, 0.3) is 5.91 Å². The van der Waals surface area contributed by atoms with E-state index in [4.69, 9.17) is 4.74 Å². The number of carbonyl (C=O) groups is 3. The number of nitrogens with zero attached hydrogens (tertiary/aromatic N) is 2. The van der Waals surface area contributed by atoms with Crippen LogP contribution in [0.2, 0.25) is 0 Å². The number of hydrogen-bond acceptors (Lipinski definition) is 5. The number of imide groups is 1. The van der Waals surface area contributed by atoms with Crippen LogP contribution in [0.25, 0.3) is 0 Å². The average molecular weight is 423 g/mol. The molecule has 158 valence electrons. The Kier molecular flexibility index (Phi) is 6.05. The third-order valence-corrected chi connectivity index (χ3v) is 6.18. The first-order valence-electron chi connectivity index (χ1n) is 9.74. The van der Waals surface area contributed by atoms with Crippen LogP contribution in [0.3, 0.4) is 0 Å². The minimum absolute atomic E-state index is 0. The number of methoxy groups -OCH3 is 1. The van der Waals surface area contributed by atoms with Crippen LogP contribution in [-0.4, -0.2) is 66.5 Å². The molecule has 1 aromatic carbocycles. The van der Waals surface area contributed by atoms with Gasteiger partial charge in [-0.2, -0.15) is 0 Å². The Morgan fingerprint density at radius 2 is 1.86 bits per heavy atom. The van der Waals surface area contributed by atoms with Crippen molar-refractivity contribution in [3.8, 4) is 5.75 Å². The molecule has 4 rings (SSSR count). The van der Waals surface area contributed by atoms with Crippen molar-refractivity contribution >= 4 is 30.3 Å². The fraction of sp³-hybridized carbons (Fsp3) is 0.550. The minimum Gasteiger partial charge on any atom is -0.497 e. The lowest BCUT2D eigenvalue weighted by atomic mass is 9.92. The van der Waals surface area contributed by atoms with Crippen LogP contribution < -0.4 is 15.4 Å². The number of ether oxygens (including phenoxy) is 1. The van der Waals surface area contributed by atoms with Gasteiger partial charge in [-0.15, -0.1) is 12.4 Å². The highest BCUT2D eigenvalue weighted by Gasteiger charge is 2.50. The molecule has 3 saturated heterocycles. The highest BCUT2D eigenvalue weighted by atomic mass is 35.5. The summed E-state index contributed by atoms with van der Waals surface area (Å²) < 4.78 is 5.15. The van der Waals surface area contributed by atoms with Crippen LogP contribution in [0.5, 0.6) is 5.75 Å². The maximum atomic E-state index is 13.1. The fourth-order valence-electron chi connectivity index (χ4n) is 4.57. The normalized spacial score (nSPS) is 28.6. The summed E-state index contributed by atoms with van der Waals surface area (Å²) in [5.74, 6) is 0.108. The van der Waals surface area contributed by atoms with Gasteiger partial charge in [0.1, 0.15) is 17.8 Å². The Morgan fingerprint density at radius 1 is 1.17 bits per heavy atom. The van der Waals surface area contributed by atoms with E-state index in [0.717, 1.165) is 37.3 Å². The summed E-state index contributed by atoms with van der Waals surface area (Å²) in [5, 5.41) is 6.11. The zero-order valence-electron chi connectivity index (χ0n) is 16.6. The predicted octanol–water partition coefficient (Wildman–Crippen LogP) is 1.24. The van der Waals surface area contributed by atoms with Crippen LogP contribution in [0.1, 0.15) is 31.7 Å². The summed E-state index contributed by atoms with van der Waals surface area (Å²) in [6.45, 7) is 3.11. The van der Waals surface area contributed by atoms with Crippen molar-refractivity contribution in [1.29, 1.82) is 0 Å². The largest absolute Gasteiger partial charge is 0.497 e. The van der Waals surface area contributed by atoms with Crippen LogP contribution in [-0.2, 0) is 15.1 Å². The summed E-state index contributed by atoms with van der Waals surface area (Å²) in [7, 11) is 1.57. The predicted molar refractivity (Wildman–Crippen MR) is 109 cm³/mol. The van der Waals surface area contributed by atoms with E-state index in [1.54, 1.807) is 38.3 Å². The first-order chi connectivity index (χ1) is 13.4. The molecule has 0 aromatic heterocycles. The van der Waals surface area contributed by atoms with Crippen LogP contribution in [0, 0.1) is 0 Å². The molecule has 0 aliphatic carbocycles. The number of halogens is 1. The molecule has 0 spiro atoms. The summed E-state index contributed by atoms with van der Waals surface area (Å²) in [6.07, 6.45) is 2.86. The molecule has 3 heterocycles. The third-order valence-electron chi connectivity index (χ3n) is 6.18. The van der Waals surface area contributed by atoms with E-state index in [9.17, 15) is 14.4 Å². The number of benzene rings is 1. The molecule has 29 heavy (non-hydrogen) atoms. The average Bonchev–Trinajstić information content (AvgIpc) is 3.08. The van der Waals surface area contributed by atoms with Crippen molar-refractivity contribution in [3.05, 3.63) is 29.8 Å². The molecule has 2 bridgehead atoms. The maximum absolute atomic E-state index is 13.1. The van der Waals surface area contributed by atoms with Crippen LogP contribution in [0.4, 0.5) is 4.79 Å². The molecular weight excluding hydrogens is 396 g/mol. The molecule has 3 aliphatic heterocycles. The summed E-state index contributed by atoms with van der Waals surface area (Å²) in [6, 6.07) is 6.81. The van der Waals surface area contributed by atoms with Gasteiger partial charge in [-0.3, -0.25) is 14.5 Å². The van der Waals surface area contributed by atoms with Crippen molar-refractivity contribution < 1.29 is 19.1 Å². The first kappa shape index (κ1) is 21.4. The van der Waals surface area contributed by atoms with Gasteiger partial charge in [-0.1, -0.05) is 12.1 Å². The fourth-order valence-corrected chi connectivity index (χ4v) is 4.57. The van der Waals surface area contributed by atoms with E-state index in [-0.39, 0.29) is 36.9 Å². The number of amides is 4. The first-order valence-corrected chi connectivity index (χ1v) is 9.74. The number of hydrogen-bond donors (Lipinski definition) is 2. The molecule has 0 radical (unpaired) electrons. The monoisotopic (exact) mass is 422 g/mol. The molecule has 0 saturated carbocycles. The summed E-state index contributed by atoms with van der Waals surface area (Å²) >= 11 is 0. The van der Waals surface area contributed by atoms with Gasteiger partial charge in [0.05, 0.1) is 7.11 Å². The highest BCUT2D eigenvalue weighted by molar-refractivity contribution is 6.09. The molecule has 2 N–H and O–H groups in total. The van der Waals surface area contributed by atoms with Gasteiger partial charge in [-0.05, 0) is 50.4 Å². The van der Waals surface area contributed by atoms with Crippen LogP contribution >= 0.6 is 12.4 Å². The molecular formula is C20H27ClN4O4. The summed E-state index contributed by atoms with van der Waals surface area (Å²) in [4.78, 5) is 41.6. The van der Waals surface area contributed by atoms with Gasteiger partial charge in [0.2, 0.25) is 5.91 Å². The second kappa shape index (κ2) is 8.20. The highest BCUT2D eigenvalue weighted by Crippen LogP contribution is 2.32. The van der Waals surface area contributed by atoms with E-state index in [1.807, 2.05) is 4.90 Å². The van der Waals surface area contributed by atoms with E-state index in [0.29, 0.717) is 11.3 Å². The van der Waals surface area contributed by atoms with Crippen molar-refractivity contribution in [2.75, 3.05) is 26.7 Å². The zero-order valence-corrected chi connectivity index (χ0v) is 17.5. The van der Waals surface area contributed by atoms with E-state index < -0.39 is 17.5 Å². The van der Waals surface area contributed by atoms with Crippen molar-refractivity contribution in [2.24, 2.45) is 0 Å². The number of carbonyl (C=O) groups excluding carboxylic acids is 3. The Bertz CT molecular complexity index is 788. The number of fused-ring (bicyclic) bond motifs is 2. The minimum atomic E-state index is -1.19. The Hall–Kier alpha value is -2.32. The maximum Gasteiger partial charge on any atom is 0.325 e. The lowest BCUT2D eigenvalue weighted by molar-refractivity contribution is -0.140. The Balaban J connectivity index is 0.00000240. The molecule has 4 amide bonds. The van der Waals surface area contributed by atoms with E-state index in [1.165, 1.54) is 0 Å². The molecule has 8 nitrogen and oxygen atoms in total. The molecule has 3 atom stereocenters. The van der Waals surface area contributed by atoms with Gasteiger partial charge in [0, 0.05) is 18.6 Å². The van der Waals surface area contributed by atoms with Gasteiger partial charge < -0.3 is 20.3 Å². The Morgan fingerprint density at radius 3 is 2.55 bits per heavy atom. The summed E-state index contributed by atoms with van der Waals surface area (Å²) in [5.41, 5.74) is -0.538. The smallest absolute Gasteiger partial charge is 0.325 e. The molecule has 3 fully saturated rings. The lowest BCUT2D eigenvalue weighted by Gasteiger charge is -2.29. The quantitative estimate of drug-likeness (QED) is 0.712. The van der Waals surface area contributed by atoms with Gasteiger partial charge in [-0.25, -0.2) is 4.79 Å². The second-order valence-corrected chi connectivity index (χ2v) is 7.85. The molecule has 3 aliphatic rings. The Labute approximate surface area is 176 Å². The van der Waals surface area contributed by atoms with E-state index >= 15 is 0 Å². The molecule has 9 heteroatoms. The number of rotatable bonds is 4. The zero-order chi connectivity index (χ0) is 19.9. The topological polar surface area (TPSA) is 91.0 Å². The molecule has 1 aromatic rings. The van der Waals surface area contributed by atoms with Crippen molar-refractivity contribution in [2.45, 2.75) is 43.8 Å². The number of urea groups is 1. The van der Waals surface area contributed by atoms with Gasteiger partial charge in [0.15, 0.2) is 0 Å². The van der Waals surface area contributed by atoms with Crippen LogP contribution in [0.15, 0.2) is 24.3 Å². The SMILES string of the molecule is COc1ccc(C2(C)NC(=O)N(CC(=O)N3C4CCNCC3CC4)C2=O)cc1.Cl. The van der Waals surface area contributed by atoms with Gasteiger partial charge >= 0.3 is 6.03 Å². The third kappa shape index (κ3) is 3.67. The van der Waals surface area contributed by atoms with Crippen molar-refractivity contribution in [3.63, 3.8) is 0 Å². The lowest BCUT2D eigenvalue weighted by Crippen LogP contribution is -2.49.